The van der Waals surface area contributed by atoms with Crippen molar-refractivity contribution in [3.05, 3.63) is 65.7 Å². The Morgan fingerprint density at radius 1 is 1.00 bits per heavy atom. The molecule has 0 aliphatic carbocycles. The van der Waals surface area contributed by atoms with Gasteiger partial charge in [0.1, 0.15) is 5.75 Å². The van der Waals surface area contributed by atoms with Gasteiger partial charge in [0.25, 0.3) is 11.8 Å². The zero-order valence-corrected chi connectivity index (χ0v) is 13.5. The molecular formula is C18H20N2O4. The maximum atomic E-state index is 12.1. The molecule has 6 nitrogen and oxygen atoms in total. The van der Waals surface area contributed by atoms with Gasteiger partial charge in [0.2, 0.25) is 0 Å². The molecule has 0 spiro atoms. The summed E-state index contributed by atoms with van der Waals surface area (Å²) in [6.07, 6.45) is 0. The fourth-order valence-corrected chi connectivity index (χ4v) is 2.00. The van der Waals surface area contributed by atoms with E-state index in [1.165, 1.54) is 0 Å². The third kappa shape index (κ3) is 5.40. The normalized spacial score (nSPS) is 10.0. The Kier molecular flexibility index (Phi) is 6.79. The summed E-state index contributed by atoms with van der Waals surface area (Å²) < 4.78 is 5.39. The zero-order valence-electron chi connectivity index (χ0n) is 13.5. The SMILES string of the molecule is CCOc1ccccc1C(=O)NCC(=O)NOCc1ccccc1. The van der Waals surface area contributed by atoms with Crippen LogP contribution in [-0.4, -0.2) is 25.0 Å². The molecule has 0 radical (unpaired) electrons. The molecule has 0 saturated heterocycles. The minimum Gasteiger partial charge on any atom is -0.493 e. The van der Waals surface area contributed by atoms with E-state index < -0.39 is 5.91 Å². The first-order chi connectivity index (χ1) is 11.7. The minimum absolute atomic E-state index is 0.186. The summed E-state index contributed by atoms with van der Waals surface area (Å²) >= 11 is 0. The maximum Gasteiger partial charge on any atom is 0.262 e. The zero-order chi connectivity index (χ0) is 17.2. The molecule has 0 aromatic heterocycles. The van der Waals surface area contributed by atoms with Crippen molar-refractivity contribution in [2.75, 3.05) is 13.2 Å². The number of hydrogen-bond donors (Lipinski definition) is 2. The van der Waals surface area contributed by atoms with Gasteiger partial charge in [-0.2, -0.15) is 0 Å². The van der Waals surface area contributed by atoms with Crippen LogP contribution in [0.25, 0.3) is 0 Å². The molecular weight excluding hydrogens is 308 g/mol. The summed E-state index contributed by atoms with van der Waals surface area (Å²) in [6, 6.07) is 16.3. The van der Waals surface area contributed by atoms with Crippen LogP contribution in [0, 0.1) is 0 Å². The van der Waals surface area contributed by atoms with Gasteiger partial charge in [-0.1, -0.05) is 42.5 Å². The quantitative estimate of drug-likeness (QED) is 0.727. The number of hydroxylamine groups is 1. The van der Waals surface area contributed by atoms with E-state index in [1.54, 1.807) is 24.3 Å². The first-order valence-electron chi connectivity index (χ1n) is 7.65. The van der Waals surface area contributed by atoms with E-state index >= 15 is 0 Å². The highest BCUT2D eigenvalue weighted by Crippen LogP contribution is 2.17. The molecule has 0 bridgehead atoms. The second kappa shape index (κ2) is 9.32. The molecule has 0 fully saturated rings. The van der Waals surface area contributed by atoms with E-state index in [4.69, 9.17) is 9.57 Å². The highest BCUT2D eigenvalue weighted by Gasteiger charge is 2.12. The van der Waals surface area contributed by atoms with Crippen LogP contribution in [0.4, 0.5) is 0 Å². The molecule has 2 rings (SSSR count). The van der Waals surface area contributed by atoms with E-state index in [-0.39, 0.29) is 19.1 Å². The van der Waals surface area contributed by atoms with Gasteiger partial charge in [-0.3, -0.25) is 14.4 Å². The summed E-state index contributed by atoms with van der Waals surface area (Å²) in [5.41, 5.74) is 3.62. The summed E-state index contributed by atoms with van der Waals surface area (Å²) in [4.78, 5) is 28.9. The maximum absolute atomic E-state index is 12.1. The van der Waals surface area contributed by atoms with Gasteiger partial charge in [-0.05, 0) is 24.6 Å². The first-order valence-corrected chi connectivity index (χ1v) is 7.65. The lowest BCUT2D eigenvalue weighted by atomic mass is 10.2. The molecule has 0 aliphatic heterocycles. The van der Waals surface area contributed by atoms with Crippen LogP contribution >= 0.6 is 0 Å². The van der Waals surface area contributed by atoms with E-state index in [2.05, 4.69) is 10.8 Å². The molecule has 126 valence electrons. The van der Waals surface area contributed by atoms with Gasteiger partial charge < -0.3 is 10.1 Å². The molecule has 24 heavy (non-hydrogen) atoms. The Morgan fingerprint density at radius 3 is 2.46 bits per heavy atom. The van der Waals surface area contributed by atoms with Crippen molar-refractivity contribution < 1.29 is 19.2 Å². The number of ether oxygens (including phenoxy) is 1. The first kappa shape index (κ1) is 17.5. The van der Waals surface area contributed by atoms with Crippen molar-refractivity contribution in [2.24, 2.45) is 0 Å². The number of benzene rings is 2. The van der Waals surface area contributed by atoms with Crippen molar-refractivity contribution in [1.82, 2.24) is 10.8 Å². The Morgan fingerprint density at radius 2 is 1.71 bits per heavy atom. The number of para-hydroxylation sites is 1. The molecule has 2 amide bonds. The number of hydrogen-bond acceptors (Lipinski definition) is 4. The Bertz CT molecular complexity index is 674. The van der Waals surface area contributed by atoms with E-state index in [0.29, 0.717) is 17.9 Å². The fourth-order valence-electron chi connectivity index (χ4n) is 2.00. The van der Waals surface area contributed by atoms with E-state index in [9.17, 15) is 9.59 Å². The van der Waals surface area contributed by atoms with Crippen LogP contribution in [0.1, 0.15) is 22.8 Å². The summed E-state index contributed by atoms with van der Waals surface area (Å²) in [5, 5.41) is 2.54. The summed E-state index contributed by atoms with van der Waals surface area (Å²) in [6.45, 7) is 2.37. The molecule has 0 saturated carbocycles. The molecule has 6 heteroatoms. The molecule has 2 N–H and O–H groups in total. The number of rotatable bonds is 8. The van der Waals surface area contributed by atoms with Crippen LogP contribution in [0.15, 0.2) is 54.6 Å². The van der Waals surface area contributed by atoms with Crippen molar-refractivity contribution >= 4 is 11.8 Å². The van der Waals surface area contributed by atoms with Crippen LogP contribution in [0.2, 0.25) is 0 Å². The third-order valence-electron chi connectivity index (χ3n) is 3.11. The Labute approximate surface area is 140 Å². The molecule has 0 heterocycles. The molecule has 0 unspecified atom stereocenters. The number of carbonyl (C=O) groups excluding carboxylic acids is 2. The largest absolute Gasteiger partial charge is 0.493 e. The lowest BCUT2D eigenvalue weighted by Gasteiger charge is -2.10. The molecule has 0 atom stereocenters. The topological polar surface area (TPSA) is 76.7 Å². The predicted molar refractivity (Wildman–Crippen MR) is 89.3 cm³/mol. The lowest BCUT2D eigenvalue weighted by Crippen LogP contribution is -2.37. The molecule has 2 aromatic carbocycles. The second-order valence-corrected chi connectivity index (χ2v) is 4.91. The average Bonchev–Trinajstić information content (AvgIpc) is 2.61. The van der Waals surface area contributed by atoms with Gasteiger partial charge >= 0.3 is 0 Å². The second-order valence-electron chi connectivity index (χ2n) is 4.91. The highest BCUT2D eigenvalue weighted by atomic mass is 16.6. The molecule has 0 aliphatic rings. The van der Waals surface area contributed by atoms with Gasteiger partial charge in [0.05, 0.1) is 25.3 Å². The summed E-state index contributed by atoms with van der Waals surface area (Å²) in [7, 11) is 0. The average molecular weight is 328 g/mol. The summed E-state index contributed by atoms with van der Waals surface area (Å²) in [5.74, 6) is -0.330. The fraction of sp³-hybridized carbons (Fsp3) is 0.222. The lowest BCUT2D eigenvalue weighted by molar-refractivity contribution is -0.133. The van der Waals surface area contributed by atoms with E-state index in [0.717, 1.165) is 5.56 Å². The van der Waals surface area contributed by atoms with Crippen molar-refractivity contribution in [1.29, 1.82) is 0 Å². The van der Waals surface area contributed by atoms with Crippen LogP contribution in [0.3, 0.4) is 0 Å². The molecule has 2 aromatic rings. The van der Waals surface area contributed by atoms with Crippen molar-refractivity contribution in [3.8, 4) is 5.75 Å². The highest BCUT2D eigenvalue weighted by molar-refractivity contribution is 5.98. The number of carbonyl (C=O) groups is 2. The van der Waals surface area contributed by atoms with E-state index in [1.807, 2.05) is 37.3 Å². The van der Waals surface area contributed by atoms with Crippen LogP contribution < -0.4 is 15.5 Å². The van der Waals surface area contributed by atoms with Gasteiger partial charge in [0, 0.05) is 0 Å². The number of amides is 2. The van der Waals surface area contributed by atoms with Crippen molar-refractivity contribution in [2.45, 2.75) is 13.5 Å². The predicted octanol–water partition coefficient (Wildman–Crippen LogP) is 2.06. The standard InChI is InChI=1S/C18H20N2O4/c1-2-23-16-11-7-6-10-15(16)18(22)19-12-17(21)20-24-13-14-8-4-3-5-9-14/h3-11H,2,12-13H2,1H3,(H,19,22)(H,20,21). The third-order valence-corrected chi connectivity index (χ3v) is 3.11. The van der Waals surface area contributed by atoms with Gasteiger partial charge in [-0.25, -0.2) is 5.48 Å². The Hall–Kier alpha value is -2.86. The Balaban J connectivity index is 1.76. The van der Waals surface area contributed by atoms with Crippen LogP contribution in [-0.2, 0) is 16.2 Å². The van der Waals surface area contributed by atoms with Gasteiger partial charge in [0.15, 0.2) is 0 Å². The smallest absolute Gasteiger partial charge is 0.262 e. The van der Waals surface area contributed by atoms with Crippen molar-refractivity contribution in [3.63, 3.8) is 0 Å². The monoisotopic (exact) mass is 328 g/mol. The van der Waals surface area contributed by atoms with Gasteiger partial charge in [-0.15, -0.1) is 0 Å². The number of nitrogens with one attached hydrogen (secondary N) is 2. The van der Waals surface area contributed by atoms with Crippen LogP contribution in [0.5, 0.6) is 5.75 Å². The minimum atomic E-state index is -0.437.